The lowest BCUT2D eigenvalue weighted by Gasteiger charge is -2.28. The van der Waals surface area contributed by atoms with Gasteiger partial charge in [0.2, 0.25) is 0 Å². The van der Waals surface area contributed by atoms with E-state index in [1.54, 1.807) is 27.7 Å². The molecule has 9 heteroatoms. The second-order valence-corrected chi connectivity index (χ2v) is 6.97. The van der Waals surface area contributed by atoms with Crippen LogP contribution in [0.1, 0.15) is 33.9 Å². The van der Waals surface area contributed by atoms with Crippen LogP contribution in [0.3, 0.4) is 0 Å². The van der Waals surface area contributed by atoms with Gasteiger partial charge in [-0.3, -0.25) is 9.36 Å². The SMILES string of the molecule is CC(C)=C=C[C@@]1(O)[C@H](O)[C@@H](COC(=O)C(C)C)O[C@H]1n1ccc(N)nc1=O. The van der Waals surface area contributed by atoms with Crippen LogP contribution in [0.4, 0.5) is 5.82 Å². The number of aliphatic hydroxyl groups is 2. The third kappa shape index (κ3) is 4.45. The van der Waals surface area contributed by atoms with Gasteiger partial charge in [-0.05, 0) is 31.6 Å². The van der Waals surface area contributed by atoms with E-state index in [0.29, 0.717) is 0 Å². The summed E-state index contributed by atoms with van der Waals surface area (Å²) in [6, 6.07) is 1.37. The second kappa shape index (κ2) is 8.06. The molecule has 1 aliphatic heterocycles. The van der Waals surface area contributed by atoms with Crippen LogP contribution in [-0.4, -0.2) is 50.1 Å². The predicted octanol–water partition coefficient (Wildman–Crippen LogP) is 0.135. The standard InChI is InChI=1S/C18H25N3O6/c1-10(2)5-7-18(25)14(22)12(9-26-15(23)11(3)4)27-16(18)21-8-6-13(19)20-17(21)24/h6-8,11-12,14,16,22,25H,9H2,1-4H3,(H2,19,20,24)/t12-,14-,16-,18-/m1/s1. The van der Waals surface area contributed by atoms with E-state index in [4.69, 9.17) is 15.2 Å². The van der Waals surface area contributed by atoms with Crippen molar-refractivity contribution in [2.24, 2.45) is 5.92 Å². The summed E-state index contributed by atoms with van der Waals surface area (Å²) in [4.78, 5) is 27.5. The van der Waals surface area contributed by atoms with Gasteiger partial charge in [-0.25, -0.2) is 4.79 Å². The van der Waals surface area contributed by atoms with E-state index in [1.165, 1.54) is 18.3 Å². The molecule has 4 N–H and O–H groups in total. The van der Waals surface area contributed by atoms with E-state index in [1.807, 2.05) is 0 Å². The molecule has 0 spiro atoms. The van der Waals surface area contributed by atoms with Crippen molar-refractivity contribution in [1.82, 2.24) is 9.55 Å². The Hall–Kier alpha value is -2.45. The minimum Gasteiger partial charge on any atom is -0.463 e. The van der Waals surface area contributed by atoms with Crippen molar-refractivity contribution in [2.75, 3.05) is 12.3 Å². The van der Waals surface area contributed by atoms with Crippen molar-refractivity contribution < 1.29 is 24.5 Å². The van der Waals surface area contributed by atoms with E-state index in [9.17, 15) is 19.8 Å². The molecular weight excluding hydrogens is 354 g/mol. The summed E-state index contributed by atoms with van der Waals surface area (Å²) < 4.78 is 11.8. The summed E-state index contributed by atoms with van der Waals surface area (Å²) in [7, 11) is 0. The fourth-order valence-electron chi connectivity index (χ4n) is 2.56. The summed E-state index contributed by atoms with van der Waals surface area (Å²) >= 11 is 0. The van der Waals surface area contributed by atoms with Crippen molar-refractivity contribution in [3.8, 4) is 0 Å². The number of carbonyl (C=O) groups is 1. The van der Waals surface area contributed by atoms with Gasteiger partial charge in [0.15, 0.2) is 11.8 Å². The molecule has 27 heavy (non-hydrogen) atoms. The highest BCUT2D eigenvalue weighted by Crippen LogP contribution is 2.39. The fraction of sp³-hybridized carbons (Fsp3) is 0.556. The summed E-state index contributed by atoms with van der Waals surface area (Å²) in [5, 5.41) is 21.7. The number of anilines is 1. The number of aliphatic hydroxyl groups excluding tert-OH is 1. The van der Waals surface area contributed by atoms with Crippen molar-refractivity contribution in [2.45, 2.75) is 51.7 Å². The van der Waals surface area contributed by atoms with Gasteiger partial charge in [0, 0.05) is 6.20 Å². The quantitative estimate of drug-likeness (QED) is 0.485. The molecule has 9 nitrogen and oxygen atoms in total. The van der Waals surface area contributed by atoms with E-state index >= 15 is 0 Å². The van der Waals surface area contributed by atoms with Gasteiger partial charge in [-0.1, -0.05) is 13.8 Å². The number of esters is 1. The van der Waals surface area contributed by atoms with Crippen LogP contribution in [0.25, 0.3) is 0 Å². The summed E-state index contributed by atoms with van der Waals surface area (Å²) in [6.45, 7) is 6.58. The number of hydrogen-bond donors (Lipinski definition) is 3. The largest absolute Gasteiger partial charge is 0.463 e. The Balaban J connectivity index is 2.41. The number of nitrogen functional groups attached to an aromatic ring is 1. The summed E-state index contributed by atoms with van der Waals surface area (Å²) in [6.07, 6.45) is -1.28. The minimum absolute atomic E-state index is 0.0144. The van der Waals surface area contributed by atoms with E-state index in [-0.39, 0.29) is 18.3 Å². The summed E-state index contributed by atoms with van der Waals surface area (Å²) in [5.74, 6) is -0.808. The molecule has 1 aromatic rings. The molecule has 2 rings (SSSR count). The number of carbonyl (C=O) groups excluding carboxylic acids is 1. The number of nitrogens with zero attached hydrogens (tertiary/aromatic N) is 2. The number of ether oxygens (including phenoxy) is 2. The van der Waals surface area contributed by atoms with E-state index < -0.39 is 35.7 Å². The monoisotopic (exact) mass is 379 g/mol. The van der Waals surface area contributed by atoms with Crippen molar-refractivity contribution >= 4 is 11.8 Å². The average molecular weight is 379 g/mol. The summed E-state index contributed by atoms with van der Waals surface area (Å²) in [5.41, 5.74) is 6.32. The Kier molecular flexibility index (Phi) is 6.22. The Morgan fingerprint density at radius 3 is 2.78 bits per heavy atom. The maximum absolute atomic E-state index is 12.2. The molecule has 1 fully saturated rings. The zero-order valence-electron chi connectivity index (χ0n) is 15.7. The highest BCUT2D eigenvalue weighted by atomic mass is 16.6. The van der Waals surface area contributed by atoms with Crippen LogP contribution in [0.15, 0.2) is 34.4 Å². The van der Waals surface area contributed by atoms with Crippen LogP contribution in [-0.2, 0) is 14.3 Å². The van der Waals surface area contributed by atoms with Crippen molar-refractivity contribution in [1.29, 1.82) is 0 Å². The molecule has 0 aromatic carbocycles. The normalized spacial score (nSPS) is 27.3. The van der Waals surface area contributed by atoms with Crippen LogP contribution in [0.5, 0.6) is 0 Å². The van der Waals surface area contributed by atoms with Gasteiger partial charge in [0.25, 0.3) is 0 Å². The molecule has 2 heterocycles. The average Bonchev–Trinajstić information content (AvgIpc) is 2.83. The molecule has 0 amide bonds. The Labute approximate surface area is 156 Å². The highest BCUT2D eigenvalue weighted by molar-refractivity contribution is 5.71. The molecule has 1 aliphatic rings. The lowest BCUT2D eigenvalue weighted by Crippen LogP contribution is -2.47. The molecular formula is C18H25N3O6. The maximum Gasteiger partial charge on any atom is 0.351 e. The number of aromatic nitrogens is 2. The Morgan fingerprint density at radius 1 is 1.56 bits per heavy atom. The maximum atomic E-state index is 12.2. The smallest absolute Gasteiger partial charge is 0.351 e. The zero-order valence-corrected chi connectivity index (χ0v) is 15.7. The lowest BCUT2D eigenvalue weighted by molar-refractivity contribution is -0.153. The first-order valence-electron chi connectivity index (χ1n) is 8.54. The van der Waals surface area contributed by atoms with Crippen LogP contribution in [0.2, 0.25) is 0 Å². The molecule has 0 bridgehead atoms. The van der Waals surface area contributed by atoms with Gasteiger partial charge >= 0.3 is 11.7 Å². The van der Waals surface area contributed by atoms with Gasteiger partial charge in [0.05, 0.1) is 5.92 Å². The van der Waals surface area contributed by atoms with E-state index in [2.05, 4.69) is 10.7 Å². The van der Waals surface area contributed by atoms with Gasteiger partial charge < -0.3 is 25.4 Å². The van der Waals surface area contributed by atoms with Crippen molar-refractivity contribution in [3.63, 3.8) is 0 Å². The second-order valence-electron chi connectivity index (χ2n) is 6.97. The molecule has 0 aliphatic carbocycles. The topological polar surface area (TPSA) is 137 Å². The lowest BCUT2D eigenvalue weighted by atomic mass is 9.93. The van der Waals surface area contributed by atoms with Gasteiger partial charge in [0.1, 0.15) is 24.6 Å². The molecule has 1 saturated heterocycles. The van der Waals surface area contributed by atoms with Gasteiger partial charge in [-0.15, -0.1) is 5.73 Å². The van der Waals surface area contributed by atoms with Crippen LogP contribution in [0, 0.1) is 5.92 Å². The molecule has 0 unspecified atom stereocenters. The molecule has 148 valence electrons. The minimum atomic E-state index is -1.99. The molecule has 0 saturated carbocycles. The molecule has 4 atom stereocenters. The third-order valence-electron chi connectivity index (χ3n) is 4.08. The van der Waals surface area contributed by atoms with Crippen LogP contribution >= 0.6 is 0 Å². The first kappa shape index (κ1) is 20.9. The van der Waals surface area contributed by atoms with E-state index in [0.717, 1.165) is 10.1 Å². The fourth-order valence-corrected chi connectivity index (χ4v) is 2.56. The number of rotatable bonds is 5. The first-order valence-corrected chi connectivity index (χ1v) is 8.54. The number of hydrogen-bond acceptors (Lipinski definition) is 8. The third-order valence-corrected chi connectivity index (χ3v) is 4.08. The number of nitrogens with two attached hydrogens (primary N) is 1. The zero-order chi connectivity index (χ0) is 20.4. The molecule has 1 aromatic heterocycles. The Morgan fingerprint density at radius 2 is 2.22 bits per heavy atom. The first-order chi connectivity index (χ1) is 12.6. The Bertz CT molecular complexity index is 823. The van der Waals surface area contributed by atoms with Crippen molar-refractivity contribution in [3.05, 3.63) is 40.1 Å². The van der Waals surface area contributed by atoms with Gasteiger partial charge in [-0.2, -0.15) is 4.98 Å². The highest BCUT2D eigenvalue weighted by Gasteiger charge is 2.55. The predicted molar refractivity (Wildman–Crippen MR) is 96.5 cm³/mol. The van der Waals surface area contributed by atoms with Crippen LogP contribution < -0.4 is 11.4 Å². The molecule has 0 radical (unpaired) electrons.